The lowest BCUT2D eigenvalue weighted by Crippen LogP contribution is -2.37. The molecule has 42 heavy (non-hydrogen) atoms. The van der Waals surface area contributed by atoms with Crippen LogP contribution in [0.5, 0.6) is 0 Å². The van der Waals surface area contributed by atoms with Crippen molar-refractivity contribution in [1.82, 2.24) is 19.4 Å². The SMILES string of the molecule is CNC(=O)OC(CCC=CC(=O)N(C)C)C(=O)Nc1cccn(Cc2cc3cccc(CC(C)C)c3n2C(=O)O)c1=O. The van der Waals surface area contributed by atoms with Crippen LogP contribution in [0.25, 0.3) is 10.9 Å². The third kappa shape index (κ3) is 7.87. The van der Waals surface area contributed by atoms with Gasteiger partial charge in [0.05, 0.1) is 17.8 Å². The van der Waals surface area contributed by atoms with E-state index in [4.69, 9.17) is 4.74 Å². The van der Waals surface area contributed by atoms with Crippen molar-refractivity contribution < 1.29 is 29.0 Å². The number of hydrogen-bond acceptors (Lipinski definition) is 6. The average Bonchev–Trinajstić information content (AvgIpc) is 3.31. The topological polar surface area (TPSA) is 152 Å². The Bertz CT molecular complexity index is 1550. The third-order valence-electron chi connectivity index (χ3n) is 6.46. The van der Waals surface area contributed by atoms with E-state index in [1.54, 1.807) is 32.3 Å². The van der Waals surface area contributed by atoms with Crippen molar-refractivity contribution in [1.29, 1.82) is 0 Å². The number of rotatable bonds is 11. The number of benzene rings is 1. The molecule has 3 amide bonds. The fourth-order valence-electron chi connectivity index (χ4n) is 4.48. The lowest BCUT2D eigenvalue weighted by molar-refractivity contribution is -0.124. The number of ether oxygens (including phenoxy) is 1. The van der Waals surface area contributed by atoms with Gasteiger partial charge in [-0.2, -0.15) is 0 Å². The minimum atomic E-state index is -1.24. The Morgan fingerprint density at radius 2 is 1.86 bits per heavy atom. The van der Waals surface area contributed by atoms with Crippen LogP contribution in [0.2, 0.25) is 0 Å². The molecule has 0 saturated heterocycles. The molecule has 0 bridgehead atoms. The number of amides is 3. The molecule has 1 aromatic carbocycles. The molecule has 224 valence electrons. The second-order valence-corrected chi connectivity index (χ2v) is 10.4. The molecular weight excluding hydrogens is 542 g/mol. The number of hydrogen-bond donors (Lipinski definition) is 3. The number of nitrogens with zero attached hydrogens (tertiary/aromatic N) is 3. The zero-order valence-corrected chi connectivity index (χ0v) is 24.4. The molecule has 12 heteroatoms. The Kier molecular flexibility index (Phi) is 10.7. The average molecular weight is 580 g/mol. The van der Waals surface area contributed by atoms with Crippen LogP contribution < -0.4 is 16.2 Å². The second kappa shape index (κ2) is 14.2. The van der Waals surface area contributed by atoms with E-state index in [2.05, 4.69) is 24.5 Å². The molecule has 0 aliphatic heterocycles. The van der Waals surface area contributed by atoms with Crippen LogP contribution in [0.1, 0.15) is 37.9 Å². The number of pyridine rings is 1. The van der Waals surface area contributed by atoms with Crippen LogP contribution in [0.3, 0.4) is 0 Å². The molecule has 0 saturated carbocycles. The summed E-state index contributed by atoms with van der Waals surface area (Å²) in [6, 6.07) is 10.3. The highest BCUT2D eigenvalue weighted by molar-refractivity contribution is 5.95. The van der Waals surface area contributed by atoms with Gasteiger partial charge in [0, 0.05) is 32.7 Å². The van der Waals surface area contributed by atoms with Crippen molar-refractivity contribution in [2.75, 3.05) is 26.5 Å². The number of carboxylic acid groups (broad SMARTS) is 1. The summed E-state index contributed by atoms with van der Waals surface area (Å²) in [4.78, 5) is 63.7. The van der Waals surface area contributed by atoms with Crippen LogP contribution in [-0.4, -0.2) is 70.4 Å². The van der Waals surface area contributed by atoms with E-state index in [1.807, 2.05) is 18.2 Å². The molecule has 0 aliphatic rings. The van der Waals surface area contributed by atoms with Gasteiger partial charge in [0.1, 0.15) is 5.69 Å². The molecule has 12 nitrogen and oxygen atoms in total. The van der Waals surface area contributed by atoms with E-state index < -0.39 is 29.8 Å². The van der Waals surface area contributed by atoms with Gasteiger partial charge in [0.15, 0.2) is 6.10 Å². The van der Waals surface area contributed by atoms with Crippen LogP contribution in [0.4, 0.5) is 15.3 Å². The number of aromatic nitrogens is 2. The van der Waals surface area contributed by atoms with E-state index in [-0.39, 0.29) is 31.0 Å². The molecule has 0 aliphatic carbocycles. The number of carbonyl (C=O) groups is 4. The molecule has 2 aromatic heterocycles. The van der Waals surface area contributed by atoms with E-state index in [1.165, 1.54) is 39.4 Å². The molecule has 3 N–H and O–H groups in total. The van der Waals surface area contributed by atoms with Gasteiger partial charge in [0.2, 0.25) is 5.91 Å². The van der Waals surface area contributed by atoms with Crippen molar-refractivity contribution in [2.45, 2.75) is 45.8 Å². The molecule has 3 aromatic rings. The Hall–Kier alpha value is -4.87. The number of carbonyl (C=O) groups excluding carboxylic acids is 3. The van der Waals surface area contributed by atoms with Gasteiger partial charge in [-0.3, -0.25) is 14.4 Å². The summed E-state index contributed by atoms with van der Waals surface area (Å²) in [5.74, 6) is -0.642. The third-order valence-corrected chi connectivity index (χ3v) is 6.46. The first-order valence-electron chi connectivity index (χ1n) is 13.5. The first kappa shape index (κ1) is 31.7. The second-order valence-electron chi connectivity index (χ2n) is 10.4. The van der Waals surface area contributed by atoms with E-state index in [9.17, 15) is 29.1 Å². The highest BCUT2D eigenvalue weighted by atomic mass is 16.6. The minimum Gasteiger partial charge on any atom is -0.464 e. The molecule has 3 rings (SSSR count). The number of likely N-dealkylation sites (N-methyl/N-ethyl adjacent to an activating group) is 1. The smallest absolute Gasteiger partial charge is 0.416 e. The van der Waals surface area contributed by atoms with Gasteiger partial charge in [0.25, 0.3) is 11.5 Å². The monoisotopic (exact) mass is 579 g/mol. The zero-order chi connectivity index (χ0) is 31.0. The first-order valence-corrected chi connectivity index (χ1v) is 13.5. The van der Waals surface area contributed by atoms with E-state index >= 15 is 0 Å². The predicted octanol–water partition coefficient (Wildman–Crippen LogP) is 3.66. The summed E-state index contributed by atoms with van der Waals surface area (Å²) in [7, 11) is 4.57. The van der Waals surface area contributed by atoms with Crippen molar-refractivity contribution in [2.24, 2.45) is 5.92 Å². The van der Waals surface area contributed by atoms with Gasteiger partial charge in [-0.1, -0.05) is 38.1 Å². The minimum absolute atomic E-state index is 0.0620. The van der Waals surface area contributed by atoms with Gasteiger partial charge in [-0.25, -0.2) is 14.2 Å². The van der Waals surface area contributed by atoms with E-state index in [0.29, 0.717) is 23.5 Å². The van der Waals surface area contributed by atoms with Gasteiger partial charge in [-0.05, 0) is 55.0 Å². The maximum Gasteiger partial charge on any atom is 0.416 e. The molecule has 2 heterocycles. The van der Waals surface area contributed by atoms with Crippen molar-refractivity contribution in [3.63, 3.8) is 0 Å². The standard InChI is InChI=1S/C30H37N5O7/c1-19(2)16-20-10-8-11-21-17-22(35(26(20)21)30(40)41)18-34-15-9-12-23(28(34)38)32-27(37)24(42-29(39)31-3)13-6-7-14-25(36)33(4)5/h7-12,14-15,17,19,24H,6,13,16,18H2,1-5H3,(H,31,39)(H,32,37)(H,40,41). The zero-order valence-electron chi connectivity index (χ0n) is 24.4. The molecule has 0 radical (unpaired) electrons. The number of allylic oxidation sites excluding steroid dienone is 1. The fraction of sp³-hybridized carbons (Fsp3) is 0.367. The molecule has 1 atom stereocenters. The van der Waals surface area contributed by atoms with Gasteiger partial charge < -0.3 is 29.9 Å². The van der Waals surface area contributed by atoms with Crippen LogP contribution in [0, 0.1) is 5.92 Å². The highest BCUT2D eigenvalue weighted by Gasteiger charge is 2.24. The first-order chi connectivity index (χ1) is 19.9. The van der Waals surface area contributed by atoms with Crippen LogP contribution in [-0.2, 0) is 27.3 Å². The predicted molar refractivity (Wildman–Crippen MR) is 159 cm³/mol. The van der Waals surface area contributed by atoms with E-state index in [0.717, 1.165) is 10.9 Å². The Labute approximate surface area is 243 Å². The lowest BCUT2D eigenvalue weighted by atomic mass is 10.0. The number of fused-ring (bicyclic) bond motifs is 1. The number of para-hydroxylation sites is 1. The van der Waals surface area contributed by atoms with Crippen LogP contribution >= 0.6 is 0 Å². The maximum atomic E-state index is 13.3. The largest absolute Gasteiger partial charge is 0.464 e. The normalized spacial score (nSPS) is 12.0. The summed E-state index contributed by atoms with van der Waals surface area (Å²) in [5.41, 5.74) is 1.24. The summed E-state index contributed by atoms with van der Waals surface area (Å²) < 4.78 is 7.70. The molecule has 0 fully saturated rings. The summed E-state index contributed by atoms with van der Waals surface area (Å²) in [6.07, 6.45) is 2.20. The van der Waals surface area contributed by atoms with Crippen molar-refractivity contribution >= 4 is 40.6 Å². The molecular formula is C30H37N5O7. The Morgan fingerprint density at radius 1 is 1.12 bits per heavy atom. The quantitative estimate of drug-likeness (QED) is 0.293. The summed E-state index contributed by atoms with van der Waals surface area (Å²) >= 11 is 0. The van der Waals surface area contributed by atoms with Gasteiger partial charge in [-0.15, -0.1) is 0 Å². The van der Waals surface area contributed by atoms with Crippen LogP contribution in [0.15, 0.2) is 59.5 Å². The fourth-order valence-corrected chi connectivity index (χ4v) is 4.48. The molecule has 1 unspecified atom stereocenters. The van der Waals surface area contributed by atoms with Gasteiger partial charge >= 0.3 is 12.2 Å². The highest BCUT2D eigenvalue weighted by Crippen LogP contribution is 2.26. The maximum absolute atomic E-state index is 13.3. The number of alkyl carbamates (subject to hydrolysis) is 1. The van der Waals surface area contributed by atoms with Crippen molar-refractivity contribution in [3.8, 4) is 0 Å². The Morgan fingerprint density at radius 3 is 2.50 bits per heavy atom. The Balaban J connectivity index is 1.87. The lowest BCUT2D eigenvalue weighted by Gasteiger charge is -2.17. The van der Waals surface area contributed by atoms with Crippen molar-refractivity contribution in [3.05, 3.63) is 76.4 Å². The number of anilines is 1. The number of nitrogens with one attached hydrogen (secondary N) is 2. The summed E-state index contributed by atoms with van der Waals surface area (Å²) in [5, 5.41) is 15.6. The molecule has 0 spiro atoms. The summed E-state index contributed by atoms with van der Waals surface area (Å²) in [6.45, 7) is 4.05.